The number of pyridine rings is 2. The van der Waals surface area contributed by atoms with Crippen molar-refractivity contribution in [2.24, 2.45) is 53.4 Å². The smallest absolute Gasteiger partial charge is 0.270 e. The van der Waals surface area contributed by atoms with Gasteiger partial charge in [-0.3, -0.25) is 28.5 Å². The first kappa shape index (κ1) is 50.6. The molecule has 18 heteroatoms. The molecule has 6 aliphatic rings. The molecule has 73 heavy (non-hydrogen) atoms. The average molecular weight is 1000 g/mol. The van der Waals surface area contributed by atoms with Gasteiger partial charge in [0.15, 0.2) is 0 Å². The number of rotatable bonds is 20. The summed E-state index contributed by atoms with van der Waals surface area (Å²) in [5.41, 5.74) is 1.63. The van der Waals surface area contributed by atoms with E-state index in [0.29, 0.717) is 54.4 Å². The number of aryl methyl sites for hydroxylation is 1. The van der Waals surface area contributed by atoms with Crippen LogP contribution in [-0.4, -0.2) is 117 Å². The van der Waals surface area contributed by atoms with E-state index in [0.717, 1.165) is 102 Å². The van der Waals surface area contributed by atoms with Crippen molar-refractivity contribution in [3.8, 4) is 0 Å². The van der Waals surface area contributed by atoms with Crippen molar-refractivity contribution >= 4 is 46.6 Å². The van der Waals surface area contributed by atoms with E-state index in [2.05, 4.69) is 70.8 Å². The van der Waals surface area contributed by atoms with Crippen molar-refractivity contribution in [1.29, 1.82) is 0 Å². The molecule has 392 valence electrons. The number of morpholine rings is 2. The summed E-state index contributed by atoms with van der Waals surface area (Å²) in [4.78, 5) is 72.1. The lowest BCUT2D eigenvalue weighted by atomic mass is 9.60. The number of nitrogens with zero attached hydrogens (tertiary/aromatic N) is 8. The molecule has 2 saturated heterocycles. The Morgan fingerprint density at radius 3 is 1.81 bits per heavy atom. The van der Waals surface area contributed by atoms with Crippen LogP contribution in [0.1, 0.15) is 120 Å². The van der Waals surface area contributed by atoms with Gasteiger partial charge in [0.05, 0.1) is 49.2 Å². The van der Waals surface area contributed by atoms with Crippen molar-refractivity contribution in [2.75, 3.05) is 59.8 Å². The molecular formula is C55H76N12O6. The van der Waals surface area contributed by atoms with E-state index in [4.69, 9.17) is 24.5 Å². The number of nitrogens with one attached hydrogen (secondary N) is 4. The minimum Gasteiger partial charge on any atom is -0.375 e. The van der Waals surface area contributed by atoms with Gasteiger partial charge in [0.1, 0.15) is 35.1 Å². The normalized spacial score (nSPS) is 24.8. The first-order valence-corrected chi connectivity index (χ1v) is 27.1. The molecule has 0 radical (unpaired) electrons. The molecule has 6 fully saturated rings. The van der Waals surface area contributed by atoms with Crippen molar-refractivity contribution in [1.82, 2.24) is 40.2 Å². The highest BCUT2D eigenvalue weighted by atomic mass is 16.5. The average Bonchev–Trinajstić information content (AvgIpc) is 4.18. The molecule has 0 aromatic carbocycles. The van der Waals surface area contributed by atoms with Crippen LogP contribution in [0.2, 0.25) is 0 Å². The standard InChI is InChI=1S/C55H76N12O6/c1-7-39-32-65(25-27-72-39)44-15-12-38(29-56-44)61-53(71)49(63-50(68)41-17-23-58-64(41)6)47(55(5)21-22-55)40-14-11-36(40)31-67-42(18-24-59-67)51(69)62-48(46(35-9-8-10-35)54(4)19-20-54)52(70)60-37-13-16-45(57-30-37)66-26-28-73-43(33-66)34(2)3/h12-13,15-18,23-24,29-30,34-36,39-40,43,46-49H,7-11,14,19-22,25-28,31-33H2,1-6H3,(H,60,70)(H,61,71)(H,62,69)(H,63,68)/t36?,39?,40?,43?,46?,47?,48-,49-/m0/s1. The maximum atomic E-state index is 14.8. The predicted octanol–water partition coefficient (Wildman–Crippen LogP) is 6.72. The molecule has 4 N–H and O–H groups in total. The van der Waals surface area contributed by atoms with Crippen LogP contribution in [0.25, 0.3) is 0 Å². The number of anilines is 4. The number of hydrogen-bond acceptors (Lipinski definition) is 12. The maximum Gasteiger partial charge on any atom is 0.270 e. The minimum atomic E-state index is -0.873. The van der Waals surface area contributed by atoms with Gasteiger partial charge < -0.3 is 40.5 Å². The fourth-order valence-electron chi connectivity index (χ4n) is 12.3. The number of hydrogen-bond donors (Lipinski definition) is 4. The van der Waals surface area contributed by atoms with Crippen LogP contribution < -0.4 is 31.1 Å². The number of amides is 4. The quantitative estimate of drug-likeness (QED) is 0.0730. The highest BCUT2D eigenvalue weighted by molar-refractivity contribution is 6.02. The summed E-state index contributed by atoms with van der Waals surface area (Å²) in [7, 11) is 1.71. The maximum absolute atomic E-state index is 14.8. The summed E-state index contributed by atoms with van der Waals surface area (Å²) in [6.07, 6.45) is 16.6. The fourth-order valence-corrected chi connectivity index (χ4v) is 12.3. The van der Waals surface area contributed by atoms with Crippen LogP contribution in [0, 0.1) is 46.3 Å². The van der Waals surface area contributed by atoms with E-state index in [1.807, 2.05) is 24.3 Å². The monoisotopic (exact) mass is 1000 g/mol. The van der Waals surface area contributed by atoms with Gasteiger partial charge in [-0.2, -0.15) is 10.2 Å². The van der Waals surface area contributed by atoms with Gasteiger partial charge in [0, 0.05) is 52.2 Å². The van der Waals surface area contributed by atoms with E-state index in [1.54, 1.807) is 48.6 Å². The van der Waals surface area contributed by atoms with Crippen LogP contribution in [0.3, 0.4) is 0 Å². The SMILES string of the molecule is CCC1CN(c2ccc(NC(=O)[C@@H](NC(=O)c3ccnn3C)C(C3CCC3Cn3nccc3C(=O)N[C@H](C(=O)Nc3ccc(N4CCOC(C(C)C)C4)nc3)C(C3CCC3)C3(C)CC3)C3(C)CC3)cn2)CCO1. The summed E-state index contributed by atoms with van der Waals surface area (Å²) in [6.45, 7) is 15.7. The Morgan fingerprint density at radius 1 is 0.712 bits per heavy atom. The molecule has 4 aromatic heterocycles. The van der Waals surface area contributed by atoms with Gasteiger partial charge in [-0.1, -0.05) is 53.9 Å². The lowest BCUT2D eigenvalue weighted by molar-refractivity contribution is -0.122. The number of aromatic nitrogens is 6. The Kier molecular flexibility index (Phi) is 14.7. The Morgan fingerprint density at radius 2 is 1.29 bits per heavy atom. The van der Waals surface area contributed by atoms with Crippen molar-refractivity contribution in [3.63, 3.8) is 0 Å². The van der Waals surface area contributed by atoms with Crippen LogP contribution in [0.15, 0.2) is 61.2 Å². The molecule has 8 atom stereocenters. The summed E-state index contributed by atoms with van der Waals surface area (Å²) >= 11 is 0. The lowest BCUT2D eigenvalue weighted by Gasteiger charge is -2.47. The molecule has 6 heterocycles. The first-order valence-electron chi connectivity index (χ1n) is 27.1. The Bertz CT molecular complexity index is 2590. The van der Waals surface area contributed by atoms with E-state index >= 15 is 0 Å². The number of carbonyl (C=O) groups excluding carboxylic acids is 4. The zero-order valence-electron chi connectivity index (χ0n) is 43.6. The third kappa shape index (κ3) is 11.0. The minimum absolute atomic E-state index is 0.0251. The fraction of sp³-hybridized carbons (Fsp3) is 0.636. The molecule has 4 aliphatic carbocycles. The van der Waals surface area contributed by atoms with Gasteiger partial charge in [0.25, 0.3) is 11.8 Å². The van der Waals surface area contributed by atoms with Crippen LogP contribution in [0.5, 0.6) is 0 Å². The Hall–Kier alpha value is -5.88. The van der Waals surface area contributed by atoms with Gasteiger partial charge in [-0.15, -0.1) is 0 Å². The van der Waals surface area contributed by atoms with E-state index < -0.39 is 12.1 Å². The van der Waals surface area contributed by atoms with E-state index in [1.165, 1.54) is 4.68 Å². The predicted molar refractivity (Wildman–Crippen MR) is 278 cm³/mol. The molecule has 0 spiro atoms. The molecule has 18 nitrogen and oxygen atoms in total. The molecule has 2 aliphatic heterocycles. The molecule has 4 aromatic rings. The van der Waals surface area contributed by atoms with Crippen LogP contribution in [0.4, 0.5) is 23.0 Å². The Balaban J connectivity index is 0.859. The molecular weight excluding hydrogens is 925 g/mol. The van der Waals surface area contributed by atoms with Crippen molar-refractivity contribution < 1.29 is 28.7 Å². The topological polar surface area (TPSA) is 203 Å². The summed E-state index contributed by atoms with van der Waals surface area (Å²) < 4.78 is 15.1. The van der Waals surface area contributed by atoms with Crippen molar-refractivity contribution in [3.05, 3.63) is 72.6 Å². The zero-order valence-corrected chi connectivity index (χ0v) is 43.6. The van der Waals surface area contributed by atoms with Gasteiger partial charge in [0.2, 0.25) is 11.8 Å². The van der Waals surface area contributed by atoms with E-state index in [9.17, 15) is 19.2 Å². The van der Waals surface area contributed by atoms with Crippen LogP contribution in [-0.2, 0) is 32.7 Å². The van der Waals surface area contributed by atoms with E-state index in [-0.39, 0.29) is 70.3 Å². The summed E-state index contributed by atoms with van der Waals surface area (Å²) in [6, 6.07) is 9.39. The van der Waals surface area contributed by atoms with Gasteiger partial charge in [-0.05, 0) is 128 Å². The molecule has 6 unspecified atom stereocenters. The lowest BCUT2D eigenvalue weighted by Crippen LogP contribution is -2.56. The highest BCUT2D eigenvalue weighted by Crippen LogP contribution is 2.60. The van der Waals surface area contributed by atoms with Gasteiger partial charge >= 0.3 is 0 Å². The third-order valence-corrected chi connectivity index (χ3v) is 17.7. The van der Waals surface area contributed by atoms with Gasteiger partial charge in [-0.25, -0.2) is 9.97 Å². The Labute approximate surface area is 429 Å². The molecule has 4 amide bonds. The highest BCUT2D eigenvalue weighted by Gasteiger charge is 2.57. The third-order valence-electron chi connectivity index (χ3n) is 17.7. The second-order valence-electron chi connectivity index (χ2n) is 22.9. The second-order valence-corrected chi connectivity index (χ2v) is 22.9. The summed E-state index contributed by atoms with van der Waals surface area (Å²) in [5.74, 6) is 1.01. The second kappa shape index (κ2) is 21.2. The molecule has 0 bridgehead atoms. The summed E-state index contributed by atoms with van der Waals surface area (Å²) in [5, 5.41) is 21.7. The molecule has 4 saturated carbocycles. The largest absolute Gasteiger partial charge is 0.375 e. The molecule has 10 rings (SSSR count). The first-order chi connectivity index (χ1) is 35.2. The number of ether oxygens (including phenoxy) is 2. The number of carbonyl (C=O) groups is 4. The zero-order chi connectivity index (χ0) is 51.0. The van der Waals surface area contributed by atoms with Crippen LogP contribution >= 0.6 is 0 Å². The van der Waals surface area contributed by atoms with Crippen molar-refractivity contribution in [2.45, 2.75) is 130 Å².